The second-order valence-electron chi connectivity index (χ2n) is 3.42. The third-order valence-corrected chi connectivity index (χ3v) is 2.21. The molecule has 0 atom stereocenters. The molecule has 0 fully saturated rings. The molecule has 0 N–H and O–H groups in total. The Balaban J connectivity index is 2.61. The van der Waals surface area contributed by atoms with Crippen LogP contribution in [0, 0.1) is 0 Å². The molecule has 1 amide bonds. The number of carboxylic acid groups (broad SMARTS) is 1. The van der Waals surface area contributed by atoms with Crippen LogP contribution in [0.15, 0.2) is 23.0 Å². The molecule has 17 heavy (non-hydrogen) atoms. The smallest absolute Gasteiger partial charge is 0.257 e. The molecule has 0 saturated heterocycles. The zero-order valence-corrected chi connectivity index (χ0v) is 9.55. The number of furan rings is 1. The van der Waals surface area contributed by atoms with E-state index in [2.05, 4.69) is 0 Å². The number of nitrogens with zero attached hydrogens (tertiary/aromatic N) is 1. The quantitative estimate of drug-likeness (QED) is 0.642. The fourth-order valence-electron chi connectivity index (χ4n) is 1.31. The van der Waals surface area contributed by atoms with E-state index in [1.165, 1.54) is 30.6 Å². The third kappa shape index (κ3) is 4.28. The second kappa shape index (κ2) is 6.70. The van der Waals surface area contributed by atoms with Crippen LogP contribution in [0.1, 0.15) is 16.8 Å². The first-order valence-electron chi connectivity index (χ1n) is 5.15. The van der Waals surface area contributed by atoms with Crippen molar-refractivity contribution < 1.29 is 23.8 Å². The van der Waals surface area contributed by atoms with Gasteiger partial charge in [-0.3, -0.25) is 4.79 Å². The maximum atomic E-state index is 11.9. The highest BCUT2D eigenvalue weighted by molar-refractivity contribution is 5.94. The van der Waals surface area contributed by atoms with Gasteiger partial charge in [-0.05, 0) is 6.07 Å². The van der Waals surface area contributed by atoms with E-state index in [0.717, 1.165) is 0 Å². The molecule has 0 spiro atoms. The van der Waals surface area contributed by atoms with Gasteiger partial charge in [0.05, 0.1) is 18.4 Å². The molecular weight excluding hydrogens is 226 g/mol. The Kier molecular flexibility index (Phi) is 5.22. The standard InChI is InChI=1S/C11H15NO5/c1-16-7-5-12(4-2-10(13)14)11(15)9-3-6-17-8-9/h3,6,8H,2,4-5,7H2,1H3,(H,13,14)/p-1. The van der Waals surface area contributed by atoms with Crippen molar-refractivity contribution in [2.45, 2.75) is 6.42 Å². The van der Waals surface area contributed by atoms with Crippen LogP contribution in [-0.2, 0) is 9.53 Å². The lowest BCUT2D eigenvalue weighted by Gasteiger charge is -2.21. The Morgan fingerprint density at radius 2 is 2.24 bits per heavy atom. The first-order chi connectivity index (χ1) is 8.15. The van der Waals surface area contributed by atoms with Crippen LogP contribution in [0.5, 0.6) is 0 Å². The van der Waals surface area contributed by atoms with E-state index in [-0.39, 0.29) is 18.9 Å². The highest BCUT2D eigenvalue weighted by atomic mass is 16.5. The first-order valence-corrected chi connectivity index (χ1v) is 5.15. The van der Waals surface area contributed by atoms with Crippen molar-refractivity contribution in [2.24, 2.45) is 0 Å². The van der Waals surface area contributed by atoms with Crippen LogP contribution in [0.25, 0.3) is 0 Å². The second-order valence-corrected chi connectivity index (χ2v) is 3.42. The minimum Gasteiger partial charge on any atom is -0.550 e. The van der Waals surface area contributed by atoms with Crippen LogP contribution < -0.4 is 5.11 Å². The van der Waals surface area contributed by atoms with Gasteiger partial charge < -0.3 is 24.0 Å². The highest BCUT2D eigenvalue weighted by Crippen LogP contribution is 2.06. The normalized spacial score (nSPS) is 10.2. The minimum absolute atomic E-state index is 0.0930. The zero-order valence-electron chi connectivity index (χ0n) is 9.55. The fourth-order valence-corrected chi connectivity index (χ4v) is 1.31. The van der Waals surface area contributed by atoms with Crippen LogP contribution in [0.2, 0.25) is 0 Å². The number of aliphatic carboxylic acids is 1. The third-order valence-electron chi connectivity index (χ3n) is 2.21. The summed E-state index contributed by atoms with van der Waals surface area (Å²) >= 11 is 0. The summed E-state index contributed by atoms with van der Waals surface area (Å²) in [5, 5.41) is 10.4. The average Bonchev–Trinajstić information content (AvgIpc) is 2.81. The largest absolute Gasteiger partial charge is 0.550 e. The van der Waals surface area contributed by atoms with E-state index in [4.69, 9.17) is 9.15 Å². The van der Waals surface area contributed by atoms with Crippen molar-refractivity contribution in [1.29, 1.82) is 0 Å². The maximum absolute atomic E-state index is 11.9. The summed E-state index contributed by atoms with van der Waals surface area (Å²) in [6, 6.07) is 1.53. The molecule has 1 aromatic heterocycles. The fraction of sp³-hybridized carbons (Fsp3) is 0.455. The number of methoxy groups -OCH3 is 1. The maximum Gasteiger partial charge on any atom is 0.257 e. The number of carbonyl (C=O) groups is 2. The van der Waals surface area contributed by atoms with E-state index in [9.17, 15) is 14.7 Å². The van der Waals surface area contributed by atoms with Crippen molar-refractivity contribution in [3.8, 4) is 0 Å². The Morgan fingerprint density at radius 3 is 2.76 bits per heavy atom. The summed E-state index contributed by atoms with van der Waals surface area (Å²) in [7, 11) is 1.51. The van der Waals surface area contributed by atoms with Gasteiger partial charge in [0.1, 0.15) is 6.26 Å². The molecule has 0 aromatic carbocycles. The van der Waals surface area contributed by atoms with Crippen molar-refractivity contribution >= 4 is 11.9 Å². The number of carboxylic acids is 1. The van der Waals surface area contributed by atoms with Gasteiger partial charge in [0.2, 0.25) is 0 Å². The molecule has 1 rings (SSSR count). The van der Waals surface area contributed by atoms with Crippen molar-refractivity contribution in [3.05, 3.63) is 24.2 Å². The van der Waals surface area contributed by atoms with Crippen LogP contribution in [0.4, 0.5) is 0 Å². The van der Waals surface area contributed by atoms with Gasteiger partial charge in [-0.1, -0.05) is 0 Å². The minimum atomic E-state index is -1.19. The van der Waals surface area contributed by atoms with Crippen LogP contribution in [-0.4, -0.2) is 43.6 Å². The number of hydrogen-bond donors (Lipinski definition) is 0. The number of rotatable bonds is 7. The molecule has 0 aliphatic carbocycles. The molecule has 0 unspecified atom stereocenters. The molecular formula is C11H14NO5-. The topological polar surface area (TPSA) is 82.8 Å². The van der Waals surface area contributed by atoms with Crippen LogP contribution in [0.3, 0.4) is 0 Å². The molecule has 94 valence electrons. The Hall–Kier alpha value is -1.82. The molecule has 1 heterocycles. The van der Waals surface area contributed by atoms with Gasteiger partial charge in [-0.2, -0.15) is 0 Å². The Morgan fingerprint density at radius 1 is 1.47 bits per heavy atom. The van der Waals surface area contributed by atoms with Crippen molar-refractivity contribution in [1.82, 2.24) is 4.90 Å². The summed E-state index contributed by atoms with van der Waals surface area (Å²) in [6.45, 7) is 0.764. The number of ether oxygens (including phenoxy) is 1. The average molecular weight is 240 g/mol. The highest BCUT2D eigenvalue weighted by Gasteiger charge is 2.16. The zero-order chi connectivity index (χ0) is 12.7. The monoisotopic (exact) mass is 240 g/mol. The van der Waals surface area contributed by atoms with E-state index >= 15 is 0 Å². The molecule has 0 saturated carbocycles. The predicted octanol–water partition coefficient (Wildman–Crippen LogP) is -0.492. The van der Waals surface area contributed by atoms with Gasteiger partial charge in [-0.25, -0.2) is 0 Å². The van der Waals surface area contributed by atoms with E-state index in [0.29, 0.717) is 18.7 Å². The number of carbonyl (C=O) groups excluding carboxylic acids is 2. The summed E-state index contributed by atoms with van der Waals surface area (Å²) in [4.78, 5) is 23.7. The van der Waals surface area contributed by atoms with Gasteiger partial charge in [0.15, 0.2) is 0 Å². The van der Waals surface area contributed by atoms with Crippen molar-refractivity contribution in [2.75, 3.05) is 26.8 Å². The van der Waals surface area contributed by atoms with E-state index in [1.54, 1.807) is 0 Å². The Labute approximate surface area is 98.8 Å². The summed E-state index contributed by atoms with van der Waals surface area (Å²) in [5.41, 5.74) is 0.388. The Bertz CT molecular complexity index is 360. The van der Waals surface area contributed by atoms with E-state index in [1.807, 2.05) is 0 Å². The van der Waals surface area contributed by atoms with Gasteiger partial charge in [-0.15, -0.1) is 0 Å². The molecule has 6 nitrogen and oxygen atoms in total. The van der Waals surface area contributed by atoms with Gasteiger partial charge >= 0.3 is 0 Å². The molecule has 0 radical (unpaired) electrons. The molecule has 0 aliphatic rings. The lowest BCUT2D eigenvalue weighted by molar-refractivity contribution is -0.305. The lowest BCUT2D eigenvalue weighted by Crippen LogP contribution is -2.37. The molecule has 1 aromatic rings. The predicted molar refractivity (Wildman–Crippen MR) is 56.1 cm³/mol. The van der Waals surface area contributed by atoms with Crippen molar-refractivity contribution in [3.63, 3.8) is 0 Å². The molecule has 6 heteroatoms. The SMILES string of the molecule is COCCN(CCC(=O)[O-])C(=O)c1ccoc1. The van der Waals surface area contributed by atoms with E-state index < -0.39 is 5.97 Å². The van der Waals surface area contributed by atoms with Gasteiger partial charge in [0.25, 0.3) is 5.91 Å². The summed E-state index contributed by atoms with van der Waals surface area (Å²) in [5.74, 6) is -1.47. The summed E-state index contributed by atoms with van der Waals surface area (Å²) in [6.07, 6.45) is 2.51. The number of hydrogen-bond acceptors (Lipinski definition) is 5. The lowest BCUT2D eigenvalue weighted by atomic mass is 10.2. The van der Waals surface area contributed by atoms with Gasteiger partial charge in [0, 0.05) is 32.6 Å². The number of amides is 1. The molecule has 0 bridgehead atoms. The summed E-state index contributed by atoms with van der Waals surface area (Å²) < 4.78 is 9.67. The van der Waals surface area contributed by atoms with Crippen LogP contribution >= 0.6 is 0 Å². The molecule has 0 aliphatic heterocycles. The first kappa shape index (κ1) is 13.2.